The highest BCUT2D eigenvalue weighted by Gasteiger charge is 2.20. The fraction of sp³-hybridized carbons (Fsp3) is 0.353. The maximum absolute atomic E-state index is 12.5. The summed E-state index contributed by atoms with van der Waals surface area (Å²) in [6, 6.07) is 7.79. The molecule has 1 fully saturated rings. The summed E-state index contributed by atoms with van der Waals surface area (Å²) in [5.41, 5.74) is 3.67. The molecule has 1 amide bonds. The lowest BCUT2D eigenvalue weighted by atomic mass is 10.1. The van der Waals surface area contributed by atoms with Crippen LogP contribution in [0.5, 0.6) is 0 Å². The maximum atomic E-state index is 12.5. The van der Waals surface area contributed by atoms with Crippen LogP contribution in [0.4, 0.5) is 11.5 Å². The molecule has 2 aromatic rings. The summed E-state index contributed by atoms with van der Waals surface area (Å²) in [7, 11) is 0. The highest BCUT2D eigenvalue weighted by molar-refractivity contribution is 5.93. The van der Waals surface area contributed by atoms with Gasteiger partial charge in [0.1, 0.15) is 17.8 Å². The number of nitrogens with one attached hydrogen (secondary N) is 1. The molecule has 0 saturated carbocycles. The number of amides is 1. The lowest BCUT2D eigenvalue weighted by molar-refractivity contribution is 0.0299. The minimum atomic E-state index is -0.0831. The van der Waals surface area contributed by atoms with Crippen molar-refractivity contribution < 1.29 is 9.53 Å². The van der Waals surface area contributed by atoms with Crippen LogP contribution in [0, 0.1) is 13.8 Å². The smallest absolute Gasteiger partial charge is 0.272 e. The standard InChI is InChI=1S/C17H20N4O2/c1-12-4-3-5-13(2)16(12)20-15-10-14(18-11-19-15)17(22)21-6-8-23-9-7-21/h3-5,10-11H,6-9H2,1-2H3,(H,18,19,20). The summed E-state index contributed by atoms with van der Waals surface area (Å²) in [4.78, 5) is 22.6. The quantitative estimate of drug-likeness (QED) is 0.942. The number of ether oxygens (including phenoxy) is 1. The molecule has 0 spiro atoms. The molecule has 0 aliphatic carbocycles. The summed E-state index contributed by atoms with van der Waals surface area (Å²) >= 11 is 0. The van der Waals surface area contributed by atoms with Crippen molar-refractivity contribution in [1.29, 1.82) is 0 Å². The van der Waals surface area contributed by atoms with Crippen molar-refractivity contribution in [2.75, 3.05) is 31.6 Å². The molecule has 0 radical (unpaired) electrons. The van der Waals surface area contributed by atoms with Gasteiger partial charge in [-0.2, -0.15) is 0 Å². The van der Waals surface area contributed by atoms with E-state index in [1.165, 1.54) is 6.33 Å². The Kier molecular flexibility index (Phi) is 4.52. The van der Waals surface area contributed by atoms with Gasteiger partial charge < -0.3 is 15.0 Å². The monoisotopic (exact) mass is 312 g/mol. The van der Waals surface area contributed by atoms with Gasteiger partial charge in [0.05, 0.1) is 13.2 Å². The predicted octanol–water partition coefficient (Wildman–Crippen LogP) is 2.31. The molecule has 0 atom stereocenters. The average Bonchev–Trinajstić information content (AvgIpc) is 2.59. The fourth-order valence-corrected chi connectivity index (χ4v) is 2.61. The van der Waals surface area contributed by atoms with Crippen LogP contribution in [0.2, 0.25) is 0 Å². The average molecular weight is 312 g/mol. The first-order valence-corrected chi connectivity index (χ1v) is 7.67. The Morgan fingerprint density at radius 2 is 1.87 bits per heavy atom. The Bertz CT molecular complexity index is 691. The van der Waals surface area contributed by atoms with Crippen molar-refractivity contribution >= 4 is 17.4 Å². The normalized spacial score (nSPS) is 14.6. The number of benzene rings is 1. The molecule has 1 aromatic heterocycles. The van der Waals surface area contributed by atoms with Gasteiger partial charge >= 0.3 is 0 Å². The number of hydrogen-bond acceptors (Lipinski definition) is 5. The third-order valence-corrected chi connectivity index (χ3v) is 3.92. The largest absolute Gasteiger partial charge is 0.378 e. The molecule has 23 heavy (non-hydrogen) atoms. The number of rotatable bonds is 3. The Morgan fingerprint density at radius 1 is 1.17 bits per heavy atom. The van der Waals surface area contributed by atoms with Crippen molar-refractivity contribution in [3.05, 3.63) is 47.4 Å². The number of carbonyl (C=O) groups is 1. The molecule has 1 aliphatic rings. The molecule has 1 aromatic carbocycles. The minimum absolute atomic E-state index is 0.0831. The van der Waals surface area contributed by atoms with E-state index in [1.54, 1.807) is 11.0 Å². The number of aryl methyl sites for hydroxylation is 2. The van der Waals surface area contributed by atoms with Crippen LogP contribution in [0.25, 0.3) is 0 Å². The highest BCUT2D eigenvalue weighted by Crippen LogP contribution is 2.23. The zero-order chi connectivity index (χ0) is 16.2. The van der Waals surface area contributed by atoms with E-state index < -0.39 is 0 Å². The van der Waals surface area contributed by atoms with Crippen LogP contribution in [-0.2, 0) is 4.74 Å². The lowest BCUT2D eigenvalue weighted by Crippen LogP contribution is -2.41. The van der Waals surface area contributed by atoms with Crippen molar-refractivity contribution in [2.24, 2.45) is 0 Å². The van der Waals surface area contributed by atoms with Crippen LogP contribution in [-0.4, -0.2) is 47.1 Å². The molecular formula is C17H20N4O2. The molecule has 0 bridgehead atoms. The van der Waals surface area contributed by atoms with E-state index >= 15 is 0 Å². The van der Waals surface area contributed by atoms with E-state index in [-0.39, 0.29) is 5.91 Å². The Labute approximate surface area is 135 Å². The van der Waals surface area contributed by atoms with Crippen LogP contribution in [0.1, 0.15) is 21.6 Å². The van der Waals surface area contributed by atoms with E-state index in [0.717, 1.165) is 16.8 Å². The summed E-state index contributed by atoms with van der Waals surface area (Å²) < 4.78 is 5.28. The van der Waals surface area contributed by atoms with E-state index in [1.807, 2.05) is 32.0 Å². The number of anilines is 2. The fourth-order valence-electron chi connectivity index (χ4n) is 2.61. The third-order valence-electron chi connectivity index (χ3n) is 3.92. The van der Waals surface area contributed by atoms with E-state index in [9.17, 15) is 4.79 Å². The molecule has 1 aliphatic heterocycles. The second kappa shape index (κ2) is 6.75. The lowest BCUT2D eigenvalue weighted by Gasteiger charge is -2.26. The van der Waals surface area contributed by atoms with Gasteiger partial charge in [0.25, 0.3) is 5.91 Å². The van der Waals surface area contributed by atoms with Crippen molar-refractivity contribution in [1.82, 2.24) is 14.9 Å². The molecule has 6 heteroatoms. The third kappa shape index (κ3) is 3.48. The molecule has 1 N–H and O–H groups in total. The molecule has 0 unspecified atom stereocenters. The van der Waals surface area contributed by atoms with Gasteiger partial charge in [-0.15, -0.1) is 0 Å². The molecule has 1 saturated heterocycles. The molecule has 2 heterocycles. The number of para-hydroxylation sites is 1. The van der Waals surface area contributed by atoms with Gasteiger partial charge in [-0.05, 0) is 25.0 Å². The topological polar surface area (TPSA) is 67.4 Å². The summed E-state index contributed by atoms with van der Waals surface area (Å²) in [5, 5.41) is 3.29. The zero-order valence-corrected chi connectivity index (χ0v) is 13.4. The number of hydrogen-bond donors (Lipinski definition) is 1. The molecular weight excluding hydrogens is 292 g/mol. The van der Waals surface area contributed by atoms with Crippen molar-refractivity contribution in [3.63, 3.8) is 0 Å². The summed E-state index contributed by atoms with van der Waals surface area (Å²) in [5.74, 6) is 0.536. The Balaban J connectivity index is 1.81. The maximum Gasteiger partial charge on any atom is 0.272 e. The van der Waals surface area contributed by atoms with E-state index in [4.69, 9.17) is 4.74 Å². The number of aromatic nitrogens is 2. The van der Waals surface area contributed by atoms with Crippen LogP contribution in [0.3, 0.4) is 0 Å². The van der Waals surface area contributed by atoms with Gasteiger partial charge in [-0.3, -0.25) is 4.79 Å². The van der Waals surface area contributed by atoms with E-state index in [2.05, 4.69) is 15.3 Å². The molecule has 6 nitrogen and oxygen atoms in total. The van der Waals surface area contributed by atoms with Crippen LogP contribution >= 0.6 is 0 Å². The van der Waals surface area contributed by atoms with Gasteiger partial charge in [0.2, 0.25) is 0 Å². The first-order valence-electron chi connectivity index (χ1n) is 7.67. The minimum Gasteiger partial charge on any atom is -0.378 e. The Morgan fingerprint density at radius 3 is 2.57 bits per heavy atom. The van der Waals surface area contributed by atoms with Gasteiger partial charge in [-0.1, -0.05) is 18.2 Å². The SMILES string of the molecule is Cc1cccc(C)c1Nc1cc(C(=O)N2CCOCC2)ncn1. The van der Waals surface area contributed by atoms with Gasteiger partial charge in [-0.25, -0.2) is 9.97 Å². The summed E-state index contributed by atoms with van der Waals surface area (Å²) in [6.45, 7) is 6.42. The number of nitrogens with zero attached hydrogens (tertiary/aromatic N) is 3. The second-order valence-corrected chi connectivity index (χ2v) is 5.58. The number of morpholine rings is 1. The first kappa shape index (κ1) is 15.4. The van der Waals surface area contributed by atoms with Crippen LogP contribution in [0.15, 0.2) is 30.6 Å². The van der Waals surface area contributed by atoms with E-state index in [0.29, 0.717) is 37.8 Å². The molecule has 3 rings (SSSR count). The second-order valence-electron chi connectivity index (χ2n) is 5.58. The predicted molar refractivity (Wildman–Crippen MR) is 88.0 cm³/mol. The van der Waals surface area contributed by atoms with Crippen molar-refractivity contribution in [3.8, 4) is 0 Å². The van der Waals surface area contributed by atoms with Gasteiger partial charge in [0.15, 0.2) is 0 Å². The van der Waals surface area contributed by atoms with Gasteiger partial charge in [0, 0.05) is 24.8 Å². The van der Waals surface area contributed by atoms with Crippen LogP contribution < -0.4 is 5.32 Å². The zero-order valence-electron chi connectivity index (χ0n) is 13.4. The Hall–Kier alpha value is -2.47. The first-order chi connectivity index (χ1) is 11.1. The molecule has 120 valence electrons. The summed E-state index contributed by atoms with van der Waals surface area (Å²) in [6.07, 6.45) is 1.42. The number of carbonyl (C=O) groups excluding carboxylic acids is 1. The highest BCUT2D eigenvalue weighted by atomic mass is 16.5. The van der Waals surface area contributed by atoms with Crippen molar-refractivity contribution in [2.45, 2.75) is 13.8 Å².